The van der Waals surface area contributed by atoms with Crippen LogP contribution in [0.5, 0.6) is 0 Å². The fraction of sp³-hybridized carbons (Fsp3) is 0.917. The molecule has 2 rings (SSSR count). The van der Waals surface area contributed by atoms with E-state index in [9.17, 15) is 9.90 Å². The summed E-state index contributed by atoms with van der Waals surface area (Å²) in [6.45, 7) is 5.66. The van der Waals surface area contributed by atoms with E-state index in [0.717, 1.165) is 39.0 Å². The SMILES string of the molecule is CC1CN(C(=O)CC2(O)CCN(C)CC2)C1. The van der Waals surface area contributed by atoms with E-state index < -0.39 is 5.60 Å². The smallest absolute Gasteiger partial charge is 0.225 e. The average molecular weight is 226 g/mol. The zero-order valence-corrected chi connectivity index (χ0v) is 10.3. The van der Waals surface area contributed by atoms with Crippen LogP contribution < -0.4 is 0 Å². The van der Waals surface area contributed by atoms with Crippen molar-refractivity contribution in [3.05, 3.63) is 0 Å². The van der Waals surface area contributed by atoms with E-state index in [4.69, 9.17) is 0 Å². The van der Waals surface area contributed by atoms with Crippen molar-refractivity contribution < 1.29 is 9.90 Å². The van der Waals surface area contributed by atoms with Crippen molar-refractivity contribution >= 4 is 5.91 Å². The van der Waals surface area contributed by atoms with Crippen LogP contribution in [0.2, 0.25) is 0 Å². The maximum Gasteiger partial charge on any atom is 0.225 e. The highest BCUT2D eigenvalue weighted by atomic mass is 16.3. The first-order valence-electron chi connectivity index (χ1n) is 6.17. The number of carbonyl (C=O) groups is 1. The lowest BCUT2D eigenvalue weighted by Gasteiger charge is -2.41. The number of aliphatic hydroxyl groups is 1. The molecule has 4 heteroatoms. The molecule has 0 atom stereocenters. The first kappa shape index (κ1) is 11.9. The van der Waals surface area contributed by atoms with E-state index in [-0.39, 0.29) is 5.91 Å². The maximum absolute atomic E-state index is 11.9. The molecule has 0 aliphatic carbocycles. The molecule has 0 spiro atoms. The Balaban J connectivity index is 1.82. The first-order chi connectivity index (χ1) is 7.48. The number of amides is 1. The predicted molar refractivity (Wildman–Crippen MR) is 62.0 cm³/mol. The van der Waals surface area contributed by atoms with E-state index in [2.05, 4.69) is 18.9 Å². The van der Waals surface area contributed by atoms with Crippen molar-refractivity contribution in [3.8, 4) is 0 Å². The Labute approximate surface area is 97.2 Å². The lowest BCUT2D eigenvalue weighted by atomic mass is 9.87. The minimum atomic E-state index is -0.748. The van der Waals surface area contributed by atoms with Gasteiger partial charge in [0.15, 0.2) is 0 Å². The Morgan fingerprint density at radius 3 is 2.44 bits per heavy atom. The Morgan fingerprint density at radius 2 is 1.94 bits per heavy atom. The van der Waals surface area contributed by atoms with Crippen molar-refractivity contribution in [2.45, 2.75) is 31.8 Å². The van der Waals surface area contributed by atoms with Crippen LogP contribution >= 0.6 is 0 Å². The summed E-state index contributed by atoms with van der Waals surface area (Å²) >= 11 is 0. The molecule has 2 aliphatic heterocycles. The van der Waals surface area contributed by atoms with Crippen LogP contribution in [0.15, 0.2) is 0 Å². The number of hydrogen-bond donors (Lipinski definition) is 1. The van der Waals surface area contributed by atoms with Gasteiger partial charge >= 0.3 is 0 Å². The zero-order valence-electron chi connectivity index (χ0n) is 10.3. The highest BCUT2D eigenvalue weighted by molar-refractivity contribution is 5.78. The minimum Gasteiger partial charge on any atom is -0.389 e. The number of piperidine rings is 1. The number of likely N-dealkylation sites (tertiary alicyclic amines) is 2. The lowest BCUT2D eigenvalue weighted by molar-refractivity contribution is -0.144. The summed E-state index contributed by atoms with van der Waals surface area (Å²) in [6, 6.07) is 0. The van der Waals surface area contributed by atoms with E-state index in [1.807, 2.05) is 4.90 Å². The van der Waals surface area contributed by atoms with Gasteiger partial charge in [-0.05, 0) is 25.8 Å². The predicted octanol–water partition coefficient (Wildman–Crippen LogP) is 0.311. The third-order valence-electron chi connectivity index (χ3n) is 3.81. The Hall–Kier alpha value is -0.610. The Kier molecular flexibility index (Phi) is 3.22. The number of hydrogen-bond acceptors (Lipinski definition) is 3. The number of nitrogens with zero attached hydrogens (tertiary/aromatic N) is 2. The molecule has 0 aromatic rings. The second kappa shape index (κ2) is 4.34. The van der Waals surface area contributed by atoms with Gasteiger partial charge in [-0.3, -0.25) is 4.79 Å². The largest absolute Gasteiger partial charge is 0.389 e. The molecule has 0 saturated carbocycles. The van der Waals surface area contributed by atoms with Crippen LogP contribution in [-0.2, 0) is 4.79 Å². The Bertz CT molecular complexity index is 266. The van der Waals surface area contributed by atoms with Gasteiger partial charge in [0.25, 0.3) is 0 Å². The standard InChI is InChI=1S/C12H22N2O2/c1-10-8-14(9-10)11(15)7-12(16)3-5-13(2)6-4-12/h10,16H,3-9H2,1-2H3. The molecule has 2 saturated heterocycles. The van der Waals surface area contributed by atoms with Gasteiger partial charge in [0.2, 0.25) is 5.91 Å². The molecule has 1 amide bonds. The van der Waals surface area contributed by atoms with E-state index >= 15 is 0 Å². The normalized spacial score (nSPS) is 26.6. The molecular weight excluding hydrogens is 204 g/mol. The van der Waals surface area contributed by atoms with Crippen LogP contribution in [0.25, 0.3) is 0 Å². The van der Waals surface area contributed by atoms with Crippen LogP contribution in [0.1, 0.15) is 26.2 Å². The topological polar surface area (TPSA) is 43.8 Å². The molecule has 2 heterocycles. The zero-order chi connectivity index (χ0) is 11.8. The summed E-state index contributed by atoms with van der Waals surface area (Å²) in [5.41, 5.74) is -0.748. The van der Waals surface area contributed by atoms with Gasteiger partial charge in [0.05, 0.1) is 12.0 Å². The summed E-state index contributed by atoms with van der Waals surface area (Å²) < 4.78 is 0. The fourth-order valence-corrected chi connectivity index (χ4v) is 2.51. The molecule has 0 unspecified atom stereocenters. The molecule has 0 aromatic carbocycles. The van der Waals surface area contributed by atoms with Gasteiger partial charge in [-0.1, -0.05) is 6.92 Å². The Morgan fingerprint density at radius 1 is 1.38 bits per heavy atom. The van der Waals surface area contributed by atoms with Crippen molar-refractivity contribution in [1.82, 2.24) is 9.80 Å². The van der Waals surface area contributed by atoms with Crippen LogP contribution in [0.4, 0.5) is 0 Å². The maximum atomic E-state index is 11.9. The third kappa shape index (κ3) is 2.55. The molecule has 4 nitrogen and oxygen atoms in total. The van der Waals surface area contributed by atoms with Crippen molar-refractivity contribution in [1.29, 1.82) is 0 Å². The minimum absolute atomic E-state index is 0.130. The fourth-order valence-electron chi connectivity index (χ4n) is 2.51. The molecule has 2 fully saturated rings. The van der Waals surface area contributed by atoms with Gasteiger partial charge in [-0.2, -0.15) is 0 Å². The van der Waals surface area contributed by atoms with Crippen molar-refractivity contribution in [2.24, 2.45) is 5.92 Å². The second-order valence-electron chi connectivity index (χ2n) is 5.61. The molecule has 0 aromatic heterocycles. The number of carbonyl (C=O) groups excluding carboxylic acids is 1. The summed E-state index contributed by atoms with van der Waals surface area (Å²) in [5.74, 6) is 0.765. The second-order valence-corrected chi connectivity index (χ2v) is 5.61. The van der Waals surface area contributed by atoms with Crippen molar-refractivity contribution in [2.75, 3.05) is 33.2 Å². The van der Waals surface area contributed by atoms with E-state index in [1.165, 1.54) is 0 Å². The monoisotopic (exact) mass is 226 g/mol. The molecule has 16 heavy (non-hydrogen) atoms. The van der Waals surface area contributed by atoms with Gasteiger partial charge in [-0.25, -0.2) is 0 Å². The molecule has 0 radical (unpaired) electrons. The van der Waals surface area contributed by atoms with E-state index in [1.54, 1.807) is 0 Å². The van der Waals surface area contributed by atoms with Gasteiger partial charge in [-0.15, -0.1) is 0 Å². The van der Waals surface area contributed by atoms with Gasteiger partial charge in [0, 0.05) is 26.2 Å². The van der Waals surface area contributed by atoms with Crippen LogP contribution in [-0.4, -0.2) is 59.6 Å². The number of rotatable bonds is 2. The average Bonchev–Trinajstić information content (AvgIpc) is 2.18. The first-order valence-corrected chi connectivity index (χ1v) is 6.17. The molecular formula is C12H22N2O2. The summed E-state index contributed by atoms with van der Waals surface area (Å²) in [7, 11) is 2.05. The summed E-state index contributed by atoms with van der Waals surface area (Å²) in [6.07, 6.45) is 1.75. The third-order valence-corrected chi connectivity index (χ3v) is 3.81. The quantitative estimate of drug-likeness (QED) is 0.737. The highest BCUT2D eigenvalue weighted by Gasteiger charge is 2.37. The van der Waals surface area contributed by atoms with Crippen LogP contribution in [0, 0.1) is 5.92 Å². The molecule has 0 bridgehead atoms. The van der Waals surface area contributed by atoms with Crippen LogP contribution in [0.3, 0.4) is 0 Å². The summed E-state index contributed by atoms with van der Waals surface area (Å²) in [4.78, 5) is 15.9. The van der Waals surface area contributed by atoms with Gasteiger partial charge < -0.3 is 14.9 Å². The molecule has 1 N–H and O–H groups in total. The van der Waals surface area contributed by atoms with Crippen molar-refractivity contribution in [3.63, 3.8) is 0 Å². The lowest BCUT2D eigenvalue weighted by Crippen LogP contribution is -2.52. The highest BCUT2D eigenvalue weighted by Crippen LogP contribution is 2.27. The van der Waals surface area contributed by atoms with Gasteiger partial charge in [0.1, 0.15) is 0 Å². The molecule has 2 aliphatic rings. The summed E-state index contributed by atoms with van der Waals surface area (Å²) in [5, 5.41) is 10.3. The van der Waals surface area contributed by atoms with E-state index in [0.29, 0.717) is 12.3 Å². The molecule has 92 valence electrons.